The summed E-state index contributed by atoms with van der Waals surface area (Å²) in [5.74, 6) is 1.07. The lowest BCUT2D eigenvalue weighted by atomic mass is 10.0. The Morgan fingerprint density at radius 1 is 1.33 bits per heavy atom. The summed E-state index contributed by atoms with van der Waals surface area (Å²) in [6, 6.07) is 9.28. The third-order valence-corrected chi connectivity index (χ3v) is 3.85. The minimum absolute atomic E-state index is 0.361. The summed E-state index contributed by atoms with van der Waals surface area (Å²) in [5.41, 5.74) is 13.9. The molecule has 0 saturated heterocycles. The second-order valence-corrected chi connectivity index (χ2v) is 5.18. The summed E-state index contributed by atoms with van der Waals surface area (Å²) in [5, 5.41) is 0. The van der Waals surface area contributed by atoms with E-state index in [-0.39, 0.29) is 0 Å². The fourth-order valence-electron chi connectivity index (χ4n) is 2.68. The third-order valence-electron chi connectivity index (χ3n) is 3.85. The number of nitrogens with two attached hydrogens (primary N) is 2. The van der Waals surface area contributed by atoms with Crippen LogP contribution in [0.2, 0.25) is 0 Å². The maximum absolute atomic E-state index is 11.0. The van der Waals surface area contributed by atoms with Gasteiger partial charge < -0.3 is 16.2 Å². The summed E-state index contributed by atoms with van der Waals surface area (Å²) in [6.07, 6.45) is 3.58. The molecule has 1 aliphatic rings. The molecule has 3 rings (SSSR count). The van der Waals surface area contributed by atoms with E-state index in [1.54, 1.807) is 12.1 Å². The van der Waals surface area contributed by atoms with Crippen molar-refractivity contribution in [1.29, 1.82) is 0 Å². The van der Waals surface area contributed by atoms with Gasteiger partial charge in [-0.05, 0) is 54.6 Å². The number of carbonyl (C=O) groups excluding carboxylic acids is 1. The summed E-state index contributed by atoms with van der Waals surface area (Å²) in [4.78, 5) is 15.1. The van der Waals surface area contributed by atoms with Gasteiger partial charge in [0.2, 0.25) is 11.8 Å². The molecule has 0 bridgehead atoms. The van der Waals surface area contributed by atoms with Crippen LogP contribution in [0.5, 0.6) is 11.6 Å². The zero-order valence-corrected chi connectivity index (χ0v) is 11.6. The molecular weight excluding hydrogens is 266 g/mol. The average Bonchev–Trinajstić information content (AvgIpc) is 2.90. The first-order valence-corrected chi connectivity index (χ1v) is 6.94. The number of aromatic nitrogens is 1. The number of hydrogen-bond acceptors (Lipinski definition) is 4. The largest absolute Gasteiger partial charge is 0.439 e. The van der Waals surface area contributed by atoms with Crippen molar-refractivity contribution < 1.29 is 9.53 Å². The lowest BCUT2D eigenvalue weighted by molar-refractivity contribution is 0.1000. The van der Waals surface area contributed by atoms with E-state index < -0.39 is 5.91 Å². The molecule has 1 amide bonds. The maximum Gasteiger partial charge on any atom is 0.250 e. The zero-order valence-electron chi connectivity index (χ0n) is 11.6. The Morgan fingerprint density at radius 2 is 2.19 bits per heavy atom. The highest BCUT2D eigenvalue weighted by Crippen LogP contribution is 2.35. The number of aryl methyl sites for hydroxylation is 1. The minimum atomic E-state index is -0.502. The molecule has 1 aliphatic carbocycles. The molecule has 0 saturated carbocycles. The molecule has 21 heavy (non-hydrogen) atoms. The second kappa shape index (κ2) is 5.54. The molecule has 0 spiro atoms. The molecule has 1 aromatic carbocycles. The van der Waals surface area contributed by atoms with Crippen LogP contribution in [0.1, 0.15) is 33.8 Å². The number of amides is 1. The lowest BCUT2D eigenvalue weighted by Crippen LogP contribution is -2.11. The number of rotatable bonds is 4. The van der Waals surface area contributed by atoms with E-state index in [1.165, 1.54) is 17.3 Å². The molecule has 108 valence electrons. The molecule has 4 N–H and O–H groups in total. The Hall–Kier alpha value is -2.40. The van der Waals surface area contributed by atoms with E-state index >= 15 is 0 Å². The van der Waals surface area contributed by atoms with Gasteiger partial charge in [0.1, 0.15) is 5.75 Å². The summed E-state index contributed by atoms with van der Waals surface area (Å²) >= 11 is 0. The molecule has 0 radical (unpaired) electrons. The van der Waals surface area contributed by atoms with Crippen molar-refractivity contribution in [2.45, 2.75) is 18.8 Å². The molecule has 1 unspecified atom stereocenters. The number of pyridine rings is 1. The highest BCUT2D eigenvalue weighted by molar-refractivity contribution is 5.92. The van der Waals surface area contributed by atoms with Crippen LogP contribution in [-0.2, 0) is 6.42 Å². The van der Waals surface area contributed by atoms with Crippen molar-refractivity contribution in [2.75, 3.05) is 6.54 Å². The average molecular weight is 283 g/mol. The molecule has 0 fully saturated rings. The number of hydrogen-bond donors (Lipinski definition) is 2. The zero-order chi connectivity index (χ0) is 14.8. The number of nitrogens with zero attached hydrogens (tertiary/aromatic N) is 1. The topological polar surface area (TPSA) is 91.2 Å². The van der Waals surface area contributed by atoms with Crippen LogP contribution in [0.3, 0.4) is 0 Å². The highest BCUT2D eigenvalue weighted by atomic mass is 16.5. The summed E-state index contributed by atoms with van der Waals surface area (Å²) < 4.78 is 5.73. The molecular formula is C16H17N3O2. The molecule has 1 atom stereocenters. The van der Waals surface area contributed by atoms with Crippen molar-refractivity contribution in [3.05, 3.63) is 53.2 Å². The van der Waals surface area contributed by atoms with E-state index in [2.05, 4.69) is 11.1 Å². The second-order valence-electron chi connectivity index (χ2n) is 5.18. The van der Waals surface area contributed by atoms with Crippen LogP contribution in [0.4, 0.5) is 0 Å². The van der Waals surface area contributed by atoms with E-state index in [9.17, 15) is 4.79 Å². The fraction of sp³-hybridized carbons (Fsp3) is 0.250. The Balaban J connectivity index is 1.80. The Bertz CT molecular complexity index is 668. The third kappa shape index (κ3) is 2.73. The van der Waals surface area contributed by atoms with Crippen molar-refractivity contribution in [3.8, 4) is 11.6 Å². The number of primary amides is 1. The molecule has 2 aromatic rings. The summed E-state index contributed by atoms with van der Waals surface area (Å²) in [7, 11) is 0. The highest BCUT2D eigenvalue weighted by Gasteiger charge is 2.21. The first-order chi connectivity index (χ1) is 10.2. The van der Waals surface area contributed by atoms with E-state index in [4.69, 9.17) is 16.2 Å². The van der Waals surface area contributed by atoms with Gasteiger partial charge >= 0.3 is 0 Å². The first kappa shape index (κ1) is 13.6. The number of carbonyl (C=O) groups is 1. The van der Waals surface area contributed by atoms with E-state index in [0.717, 1.165) is 18.6 Å². The van der Waals surface area contributed by atoms with Gasteiger partial charge in [-0.25, -0.2) is 4.98 Å². The summed E-state index contributed by atoms with van der Waals surface area (Å²) in [6.45, 7) is 0.655. The van der Waals surface area contributed by atoms with Gasteiger partial charge in [-0.2, -0.15) is 0 Å². The van der Waals surface area contributed by atoms with E-state index in [0.29, 0.717) is 23.9 Å². The van der Waals surface area contributed by atoms with Crippen LogP contribution < -0.4 is 16.2 Å². The number of ether oxygens (including phenoxy) is 1. The van der Waals surface area contributed by atoms with Gasteiger partial charge in [0.15, 0.2) is 0 Å². The van der Waals surface area contributed by atoms with Gasteiger partial charge in [0, 0.05) is 12.3 Å². The lowest BCUT2D eigenvalue weighted by Gasteiger charge is -2.11. The first-order valence-electron chi connectivity index (χ1n) is 6.94. The molecule has 1 heterocycles. The van der Waals surface area contributed by atoms with Gasteiger partial charge in [0.05, 0.1) is 5.56 Å². The van der Waals surface area contributed by atoms with Gasteiger partial charge in [-0.3, -0.25) is 4.79 Å². The van der Waals surface area contributed by atoms with Crippen molar-refractivity contribution >= 4 is 5.91 Å². The molecule has 1 aromatic heterocycles. The van der Waals surface area contributed by atoms with Crippen LogP contribution in [-0.4, -0.2) is 17.4 Å². The molecule has 5 nitrogen and oxygen atoms in total. The number of benzene rings is 1. The minimum Gasteiger partial charge on any atom is -0.439 e. The van der Waals surface area contributed by atoms with Crippen LogP contribution >= 0.6 is 0 Å². The SMILES string of the molecule is NCC1CCc2ccc(Oc3ccc(C(N)=O)cn3)cc21. The Morgan fingerprint density at radius 3 is 2.86 bits per heavy atom. The fourth-order valence-corrected chi connectivity index (χ4v) is 2.68. The van der Waals surface area contributed by atoms with Crippen LogP contribution in [0, 0.1) is 0 Å². The predicted molar refractivity (Wildman–Crippen MR) is 79.4 cm³/mol. The van der Waals surface area contributed by atoms with Gasteiger partial charge in [-0.15, -0.1) is 0 Å². The molecule has 0 aliphatic heterocycles. The quantitative estimate of drug-likeness (QED) is 0.897. The van der Waals surface area contributed by atoms with Crippen LogP contribution in [0.25, 0.3) is 0 Å². The smallest absolute Gasteiger partial charge is 0.250 e. The standard InChI is InChI=1S/C16H17N3O2/c17-8-11-2-1-10-3-5-13(7-14(10)11)21-15-6-4-12(9-19-15)16(18)20/h3-7,9,11H,1-2,8,17H2,(H2,18,20). The van der Waals surface area contributed by atoms with Crippen molar-refractivity contribution in [1.82, 2.24) is 4.98 Å². The predicted octanol–water partition coefficient (Wildman–Crippen LogP) is 1.96. The monoisotopic (exact) mass is 283 g/mol. The van der Waals surface area contributed by atoms with Crippen molar-refractivity contribution in [2.24, 2.45) is 11.5 Å². The number of fused-ring (bicyclic) bond motifs is 1. The van der Waals surface area contributed by atoms with Crippen molar-refractivity contribution in [3.63, 3.8) is 0 Å². The van der Waals surface area contributed by atoms with Gasteiger partial charge in [0.25, 0.3) is 0 Å². The Kier molecular flexibility index (Phi) is 3.58. The molecule has 5 heteroatoms. The van der Waals surface area contributed by atoms with E-state index in [1.807, 2.05) is 12.1 Å². The maximum atomic E-state index is 11.0. The normalized spacial score (nSPS) is 16.5. The van der Waals surface area contributed by atoms with Gasteiger partial charge in [-0.1, -0.05) is 6.07 Å². The Labute approximate surface area is 122 Å². The van der Waals surface area contributed by atoms with Crippen LogP contribution in [0.15, 0.2) is 36.5 Å².